The average Bonchev–Trinajstić information content (AvgIpc) is 2.25. The molecule has 0 bridgehead atoms. The zero-order valence-electron chi connectivity index (χ0n) is 8.73. The van der Waals surface area contributed by atoms with E-state index in [1.165, 1.54) is 12.1 Å². The summed E-state index contributed by atoms with van der Waals surface area (Å²) in [5.41, 5.74) is -0.716. The Hall–Kier alpha value is -2.18. The van der Waals surface area contributed by atoms with Crippen molar-refractivity contribution in [2.45, 2.75) is 12.3 Å². The standard InChI is InChI=1S/C11H7F3O4/c12-11(13,14)9-7(10(16)17)3-5-1-2-6(15)4-8(5)18-9/h1-4,9,15H,(H,16,17). The number of carboxylic acids is 1. The molecule has 1 atom stereocenters. The van der Waals surface area contributed by atoms with Gasteiger partial charge < -0.3 is 14.9 Å². The molecule has 1 aromatic carbocycles. The van der Waals surface area contributed by atoms with Gasteiger partial charge in [0, 0.05) is 11.6 Å². The van der Waals surface area contributed by atoms with Crippen LogP contribution in [0, 0.1) is 0 Å². The number of hydrogen-bond acceptors (Lipinski definition) is 3. The van der Waals surface area contributed by atoms with Gasteiger partial charge in [-0.05, 0) is 18.2 Å². The second-order valence-corrected chi connectivity index (χ2v) is 3.67. The first-order valence-electron chi connectivity index (χ1n) is 4.80. The minimum atomic E-state index is -4.84. The second kappa shape index (κ2) is 3.94. The van der Waals surface area contributed by atoms with E-state index in [0.717, 1.165) is 12.1 Å². The third-order valence-electron chi connectivity index (χ3n) is 2.38. The fourth-order valence-electron chi connectivity index (χ4n) is 1.60. The maximum absolute atomic E-state index is 12.7. The molecule has 1 unspecified atom stereocenters. The number of carbonyl (C=O) groups is 1. The number of phenolic OH excluding ortho intramolecular Hbond substituents is 1. The van der Waals surface area contributed by atoms with Crippen molar-refractivity contribution in [1.82, 2.24) is 0 Å². The molecule has 96 valence electrons. The van der Waals surface area contributed by atoms with Crippen LogP contribution in [0.5, 0.6) is 11.5 Å². The number of benzene rings is 1. The molecule has 2 rings (SSSR count). The summed E-state index contributed by atoms with van der Waals surface area (Å²) in [4.78, 5) is 10.8. The molecule has 1 heterocycles. The molecule has 2 N–H and O–H groups in total. The molecule has 18 heavy (non-hydrogen) atoms. The van der Waals surface area contributed by atoms with Crippen molar-refractivity contribution in [1.29, 1.82) is 0 Å². The fourth-order valence-corrected chi connectivity index (χ4v) is 1.60. The highest BCUT2D eigenvalue weighted by molar-refractivity contribution is 5.95. The van der Waals surface area contributed by atoms with Gasteiger partial charge in [-0.15, -0.1) is 0 Å². The summed E-state index contributed by atoms with van der Waals surface area (Å²) in [5, 5.41) is 17.9. The van der Waals surface area contributed by atoms with E-state index < -0.39 is 23.8 Å². The van der Waals surface area contributed by atoms with Crippen LogP contribution in [0.1, 0.15) is 5.56 Å². The number of halogens is 3. The maximum Gasteiger partial charge on any atom is 0.430 e. The molecule has 1 aliphatic heterocycles. The molecule has 0 aromatic heterocycles. The first-order chi connectivity index (χ1) is 8.29. The number of alkyl halides is 3. The first kappa shape index (κ1) is 12.3. The Bertz CT molecular complexity index is 534. The molecule has 0 fully saturated rings. The molecule has 0 saturated heterocycles. The van der Waals surface area contributed by atoms with E-state index in [4.69, 9.17) is 10.2 Å². The molecule has 0 amide bonds. The van der Waals surface area contributed by atoms with E-state index in [1.807, 2.05) is 0 Å². The van der Waals surface area contributed by atoms with Gasteiger partial charge in [-0.3, -0.25) is 0 Å². The molecule has 1 aliphatic rings. The number of rotatable bonds is 1. The van der Waals surface area contributed by atoms with Crippen LogP contribution in [0.15, 0.2) is 23.8 Å². The quantitative estimate of drug-likeness (QED) is 0.812. The molecular weight excluding hydrogens is 253 g/mol. The topological polar surface area (TPSA) is 66.8 Å². The monoisotopic (exact) mass is 260 g/mol. The van der Waals surface area contributed by atoms with E-state index >= 15 is 0 Å². The van der Waals surface area contributed by atoms with Crippen LogP contribution in [-0.4, -0.2) is 28.5 Å². The highest BCUT2D eigenvalue weighted by Crippen LogP contribution is 2.38. The molecule has 0 aliphatic carbocycles. The first-order valence-corrected chi connectivity index (χ1v) is 4.80. The highest BCUT2D eigenvalue weighted by atomic mass is 19.4. The highest BCUT2D eigenvalue weighted by Gasteiger charge is 2.48. The Labute approximate surface area is 98.9 Å². The van der Waals surface area contributed by atoms with E-state index in [2.05, 4.69) is 4.74 Å². The number of phenols is 1. The molecule has 1 aromatic rings. The van der Waals surface area contributed by atoms with Crippen molar-refractivity contribution in [3.05, 3.63) is 29.3 Å². The van der Waals surface area contributed by atoms with Crippen LogP contribution in [0.3, 0.4) is 0 Å². The molecule has 0 spiro atoms. The Morgan fingerprint density at radius 1 is 1.33 bits per heavy atom. The summed E-state index contributed by atoms with van der Waals surface area (Å²) >= 11 is 0. The lowest BCUT2D eigenvalue weighted by Crippen LogP contribution is -2.40. The zero-order chi connectivity index (χ0) is 13.5. The summed E-state index contributed by atoms with van der Waals surface area (Å²) in [6.45, 7) is 0. The number of ether oxygens (including phenoxy) is 1. The summed E-state index contributed by atoms with van der Waals surface area (Å²) in [5.74, 6) is -2.17. The number of aliphatic carboxylic acids is 1. The van der Waals surface area contributed by atoms with Gasteiger partial charge in [0.05, 0.1) is 5.57 Å². The van der Waals surface area contributed by atoms with Gasteiger partial charge in [0.2, 0.25) is 6.10 Å². The summed E-state index contributed by atoms with van der Waals surface area (Å²) in [7, 11) is 0. The smallest absolute Gasteiger partial charge is 0.430 e. The van der Waals surface area contributed by atoms with Gasteiger partial charge in [-0.25, -0.2) is 4.79 Å². The lowest BCUT2D eigenvalue weighted by Gasteiger charge is -2.26. The van der Waals surface area contributed by atoms with Gasteiger partial charge >= 0.3 is 12.1 Å². The lowest BCUT2D eigenvalue weighted by molar-refractivity contribution is -0.187. The molecular formula is C11H7F3O4. The number of fused-ring (bicyclic) bond motifs is 1. The molecule has 0 saturated carbocycles. The SMILES string of the molecule is O=C(O)C1=Cc2ccc(O)cc2OC1C(F)(F)F. The number of carboxylic acid groups (broad SMARTS) is 1. The van der Waals surface area contributed by atoms with Gasteiger partial charge in [0.25, 0.3) is 0 Å². The zero-order valence-corrected chi connectivity index (χ0v) is 8.73. The Balaban J connectivity index is 2.53. The van der Waals surface area contributed by atoms with Crippen LogP contribution in [0.25, 0.3) is 6.08 Å². The van der Waals surface area contributed by atoms with E-state index in [-0.39, 0.29) is 17.1 Å². The van der Waals surface area contributed by atoms with Crippen LogP contribution >= 0.6 is 0 Å². The van der Waals surface area contributed by atoms with Crippen molar-refractivity contribution >= 4 is 12.0 Å². The summed E-state index contributed by atoms with van der Waals surface area (Å²) < 4.78 is 42.6. The van der Waals surface area contributed by atoms with E-state index in [9.17, 15) is 18.0 Å². The predicted molar refractivity (Wildman–Crippen MR) is 54.2 cm³/mol. The second-order valence-electron chi connectivity index (χ2n) is 3.67. The molecule has 4 nitrogen and oxygen atoms in total. The molecule has 7 heteroatoms. The average molecular weight is 260 g/mol. The van der Waals surface area contributed by atoms with Gasteiger partial charge in [0.15, 0.2) is 0 Å². The summed E-state index contributed by atoms with van der Waals surface area (Å²) in [6.07, 6.45) is -6.49. The van der Waals surface area contributed by atoms with Crippen LogP contribution in [0.2, 0.25) is 0 Å². The minimum absolute atomic E-state index is 0.172. The van der Waals surface area contributed by atoms with Crippen molar-refractivity contribution < 1.29 is 32.9 Å². The van der Waals surface area contributed by atoms with Crippen molar-refractivity contribution in [2.75, 3.05) is 0 Å². The predicted octanol–water partition coefficient (Wildman–Crippen LogP) is 2.18. The van der Waals surface area contributed by atoms with Crippen molar-refractivity contribution in [2.24, 2.45) is 0 Å². The van der Waals surface area contributed by atoms with Crippen molar-refractivity contribution in [3.8, 4) is 11.5 Å². The number of aromatic hydroxyl groups is 1. The summed E-state index contributed by atoms with van der Waals surface area (Å²) in [6, 6.07) is 3.51. The largest absolute Gasteiger partial charge is 0.508 e. The van der Waals surface area contributed by atoms with Crippen LogP contribution < -0.4 is 4.74 Å². The van der Waals surface area contributed by atoms with Gasteiger partial charge in [-0.2, -0.15) is 13.2 Å². The normalized spacial score (nSPS) is 18.6. The maximum atomic E-state index is 12.7. The lowest BCUT2D eigenvalue weighted by atomic mass is 10.0. The number of hydrogen-bond donors (Lipinski definition) is 2. The van der Waals surface area contributed by atoms with E-state index in [1.54, 1.807) is 0 Å². The third-order valence-corrected chi connectivity index (χ3v) is 2.38. The Morgan fingerprint density at radius 2 is 2.00 bits per heavy atom. The van der Waals surface area contributed by atoms with Crippen molar-refractivity contribution in [3.63, 3.8) is 0 Å². The fraction of sp³-hybridized carbons (Fsp3) is 0.182. The van der Waals surface area contributed by atoms with Crippen LogP contribution in [-0.2, 0) is 4.79 Å². The van der Waals surface area contributed by atoms with Gasteiger partial charge in [-0.1, -0.05) is 0 Å². The molecule has 0 radical (unpaired) electrons. The van der Waals surface area contributed by atoms with Crippen LogP contribution in [0.4, 0.5) is 13.2 Å². The Kier molecular flexibility index (Phi) is 2.68. The third kappa shape index (κ3) is 2.11. The van der Waals surface area contributed by atoms with E-state index in [0.29, 0.717) is 0 Å². The Morgan fingerprint density at radius 3 is 2.56 bits per heavy atom. The minimum Gasteiger partial charge on any atom is -0.508 e. The van der Waals surface area contributed by atoms with Gasteiger partial charge in [0.1, 0.15) is 11.5 Å².